The van der Waals surface area contributed by atoms with Crippen LogP contribution in [0.1, 0.15) is 23.4 Å². The molecule has 0 aromatic carbocycles. The molecular formula is C13H14N4OS. The molecule has 0 saturated heterocycles. The van der Waals surface area contributed by atoms with Gasteiger partial charge in [0.05, 0.1) is 13.2 Å². The summed E-state index contributed by atoms with van der Waals surface area (Å²) in [5.74, 6) is 0.525. The van der Waals surface area contributed by atoms with Crippen LogP contribution >= 0.6 is 11.3 Å². The molecule has 0 aliphatic rings. The van der Waals surface area contributed by atoms with Crippen molar-refractivity contribution in [1.82, 2.24) is 4.98 Å². The van der Waals surface area contributed by atoms with Gasteiger partial charge in [-0.3, -0.25) is 4.98 Å². The maximum Gasteiger partial charge on any atom is 0.177 e. The van der Waals surface area contributed by atoms with Crippen LogP contribution in [0.3, 0.4) is 0 Å². The molecule has 0 saturated carbocycles. The summed E-state index contributed by atoms with van der Waals surface area (Å²) in [5, 5.41) is 13.0. The first-order valence-corrected chi connectivity index (χ1v) is 6.51. The molecule has 6 heteroatoms. The number of hydrogen-bond donors (Lipinski definition) is 2. The normalized spacial score (nSPS) is 11.6. The summed E-state index contributed by atoms with van der Waals surface area (Å²) >= 11 is 1.29. The first-order valence-electron chi connectivity index (χ1n) is 5.70. The molecule has 2 aromatic heterocycles. The van der Waals surface area contributed by atoms with Crippen molar-refractivity contribution in [3.8, 4) is 11.8 Å². The number of thiophene rings is 1. The zero-order valence-electron chi connectivity index (χ0n) is 10.7. The second kappa shape index (κ2) is 5.59. The minimum atomic E-state index is 0.0483. The van der Waals surface area contributed by atoms with Gasteiger partial charge in [0.1, 0.15) is 21.6 Å². The maximum atomic E-state index is 8.99. The van der Waals surface area contributed by atoms with Gasteiger partial charge in [0.25, 0.3) is 0 Å². The minimum absolute atomic E-state index is 0.0483. The van der Waals surface area contributed by atoms with Gasteiger partial charge in [0, 0.05) is 12.4 Å². The Balaban J connectivity index is 2.27. The molecule has 0 fully saturated rings. The molecule has 98 valence electrons. The molecule has 19 heavy (non-hydrogen) atoms. The van der Waals surface area contributed by atoms with Crippen molar-refractivity contribution in [3.63, 3.8) is 0 Å². The van der Waals surface area contributed by atoms with Crippen molar-refractivity contribution in [2.75, 3.05) is 18.2 Å². The van der Waals surface area contributed by atoms with E-state index in [4.69, 9.17) is 15.7 Å². The van der Waals surface area contributed by atoms with Crippen LogP contribution in [0.5, 0.6) is 5.75 Å². The quantitative estimate of drug-likeness (QED) is 0.895. The highest BCUT2D eigenvalue weighted by Gasteiger charge is 2.18. The summed E-state index contributed by atoms with van der Waals surface area (Å²) in [6.45, 7) is 2.01. The van der Waals surface area contributed by atoms with E-state index in [9.17, 15) is 0 Å². The third kappa shape index (κ3) is 2.61. The smallest absolute Gasteiger partial charge is 0.177 e. The van der Waals surface area contributed by atoms with Gasteiger partial charge in [0.15, 0.2) is 5.75 Å². The molecule has 2 aromatic rings. The van der Waals surface area contributed by atoms with Crippen molar-refractivity contribution in [2.45, 2.75) is 13.0 Å². The van der Waals surface area contributed by atoms with E-state index in [0.717, 1.165) is 10.6 Å². The summed E-state index contributed by atoms with van der Waals surface area (Å²) in [7, 11) is 1.54. The van der Waals surface area contributed by atoms with E-state index >= 15 is 0 Å². The van der Waals surface area contributed by atoms with Crippen LogP contribution < -0.4 is 15.8 Å². The Hall–Kier alpha value is -2.26. The van der Waals surface area contributed by atoms with Crippen molar-refractivity contribution in [2.24, 2.45) is 0 Å². The van der Waals surface area contributed by atoms with Gasteiger partial charge in [-0.2, -0.15) is 5.26 Å². The minimum Gasteiger partial charge on any atom is -0.492 e. The van der Waals surface area contributed by atoms with Crippen LogP contribution in [-0.4, -0.2) is 12.1 Å². The van der Waals surface area contributed by atoms with Crippen molar-refractivity contribution < 1.29 is 4.74 Å². The molecular weight excluding hydrogens is 260 g/mol. The average molecular weight is 274 g/mol. The zero-order chi connectivity index (χ0) is 13.8. The van der Waals surface area contributed by atoms with E-state index in [0.29, 0.717) is 16.3 Å². The summed E-state index contributed by atoms with van der Waals surface area (Å²) < 4.78 is 5.25. The largest absolute Gasteiger partial charge is 0.492 e. The number of nitrogens with one attached hydrogen (secondary N) is 1. The molecule has 5 nitrogen and oxygen atoms in total. The Morgan fingerprint density at radius 3 is 2.95 bits per heavy atom. The highest BCUT2D eigenvalue weighted by atomic mass is 32.1. The topological polar surface area (TPSA) is 84.0 Å². The van der Waals surface area contributed by atoms with E-state index in [1.54, 1.807) is 19.5 Å². The number of pyridine rings is 1. The SMILES string of the molecule is COc1c(NC(C)c2cccnc2)sc(C#N)c1N. The van der Waals surface area contributed by atoms with E-state index in [1.807, 2.05) is 19.1 Å². The lowest BCUT2D eigenvalue weighted by Gasteiger charge is -2.14. The van der Waals surface area contributed by atoms with Gasteiger partial charge in [-0.15, -0.1) is 11.3 Å². The van der Waals surface area contributed by atoms with Crippen LogP contribution in [0.15, 0.2) is 24.5 Å². The summed E-state index contributed by atoms with van der Waals surface area (Å²) in [6, 6.07) is 5.98. The van der Waals surface area contributed by atoms with Crippen LogP contribution in [0.4, 0.5) is 10.7 Å². The number of nitrogens with zero attached hydrogens (tertiary/aromatic N) is 2. The number of methoxy groups -OCH3 is 1. The molecule has 0 bridgehead atoms. The molecule has 0 aliphatic heterocycles. The second-order valence-corrected chi connectivity index (χ2v) is 4.99. The number of anilines is 2. The molecule has 0 radical (unpaired) electrons. The predicted molar refractivity (Wildman–Crippen MR) is 76.3 cm³/mol. The van der Waals surface area contributed by atoms with Crippen molar-refractivity contribution in [3.05, 3.63) is 35.0 Å². The van der Waals surface area contributed by atoms with E-state index in [1.165, 1.54) is 11.3 Å². The molecule has 1 unspecified atom stereocenters. The molecule has 1 atom stereocenters. The lowest BCUT2D eigenvalue weighted by Crippen LogP contribution is -2.06. The van der Waals surface area contributed by atoms with Gasteiger partial charge in [-0.25, -0.2) is 0 Å². The molecule has 0 spiro atoms. The Kier molecular flexibility index (Phi) is 3.88. The van der Waals surface area contributed by atoms with Gasteiger partial charge in [0.2, 0.25) is 0 Å². The summed E-state index contributed by atoms with van der Waals surface area (Å²) in [4.78, 5) is 4.54. The van der Waals surface area contributed by atoms with Crippen LogP contribution in [0, 0.1) is 11.3 Å². The Morgan fingerprint density at radius 1 is 1.58 bits per heavy atom. The number of nitrogens with two attached hydrogens (primary N) is 1. The molecule has 3 N–H and O–H groups in total. The summed E-state index contributed by atoms with van der Waals surface area (Å²) in [5.41, 5.74) is 7.29. The fraction of sp³-hybridized carbons (Fsp3) is 0.231. The number of rotatable bonds is 4. The van der Waals surface area contributed by atoms with Crippen LogP contribution in [0.2, 0.25) is 0 Å². The van der Waals surface area contributed by atoms with Gasteiger partial charge < -0.3 is 15.8 Å². The Labute approximate surface area is 115 Å². The van der Waals surface area contributed by atoms with E-state index in [2.05, 4.69) is 16.4 Å². The fourth-order valence-electron chi connectivity index (χ4n) is 1.72. The number of nitrogen functional groups attached to an aromatic ring is 1. The van der Waals surface area contributed by atoms with Crippen LogP contribution in [-0.2, 0) is 0 Å². The van der Waals surface area contributed by atoms with Crippen molar-refractivity contribution in [1.29, 1.82) is 5.26 Å². The first-order chi connectivity index (χ1) is 9.17. The molecule has 2 heterocycles. The first kappa shape index (κ1) is 13.2. The molecule has 2 rings (SSSR count). The predicted octanol–water partition coefficient (Wildman–Crippen LogP) is 2.78. The maximum absolute atomic E-state index is 8.99. The fourth-order valence-corrected chi connectivity index (χ4v) is 2.70. The van der Waals surface area contributed by atoms with Gasteiger partial charge in [-0.05, 0) is 18.6 Å². The van der Waals surface area contributed by atoms with Crippen molar-refractivity contribution >= 4 is 22.0 Å². The zero-order valence-corrected chi connectivity index (χ0v) is 11.5. The second-order valence-electron chi connectivity index (χ2n) is 3.97. The van der Waals surface area contributed by atoms with Gasteiger partial charge in [-0.1, -0.05) is 6.07 Å². The standard InChI is InChI=1S/C13H14N4OS/c1-8(9-4-3-5-16-7-9)17-13-12(18-2)11(15)10(6-14)19-13/h3-5,7-8,17H,15H2,1-2H3. The van der Waals surface area contributed by atoms with E-state index < -0.39 is 0 Å². The Morgan fingerprint density at radius 2 is 2.37 bits per heavy atom. The molecule has 0 aliphatic carbocycles. The molecule has 0 amide bonds. The van der Waals surface area contributed by atoms with Crippen LogP contribution in [0.25, 0.3) is 0 Å². The highest BCUT2D eigenvalue weighted by Crippen LogP contribution is 2.43. The summed E-state index contributed by atoms with van der Waals surface area (Å²) in [6.07, 6.45) is 3.53. The third-order valence-electron chi connectivity index (χ3n) is 2.74. The number of ether oxygens (including phenoxy) is 1. The third-order valence-corrected chi connectivity index (χ3v) is 3.76. The number of aromatic nitrogens is 1. The monoisotopic (exact) mass is 274 g/mol. The lowest BCUT2D eigenvalue weighted by molar-refractivity contribution is 0.420. The lowest BCUT2D eigenvalue weighted by atomic mass is 10.1. The highest BCUT2D eigenvalue weighted by molar-refractivity contribution is 7.17. The average Bonchev–Trinajstić information content (AvgIpc) is 2.75. The van der Waals surface area contributed by atoms with Gasteiger partial charge >= 0.3 is 0 Å². The number of hydrogen-bond acceptors (Lipinski definition) is 6. The Bertz CT molecular complexity index is 603. The van der Waals surface area contributed by atoms with E-state index in [-0.39, 0.29) is 6.04 Å². The number of nitriles is 1.